The van der Waals surface area contributed by atoms with Crippen molar-refractivity contribution in [2.75, 3.05) is 23.3 Å². The normalized spacial score (nSPS) is 15.8. The van der Waals surface area contributed by atoms with Crippen LogP contribution >= 0.6 is 11.3 Å². The quantitative estimate of drug-likeness (QED) is 0.747. The summed E-state index contributed by atoms with van der Waals surface area (Å²) in [5.41, 5.74) is 1.68. The number of rotatable bonds is 3. The van der Waals surface area contributed by atoms with E-state index in [1.807, 2.05) is 12.1 Å². The predicted molar refractivity (Wildman–Crippen MR) is 96.5 cm³/mol. The van der Waals surface area contributed by atoms with Gasteiger partial charge < -0.3 is 15.3 Å². The molecule has 0 unspecified atom stereocenters. The first kappa shape index (κ1) is 15.2. The average molecular weight is 343 g/mol. The molecule has 1 aliphatic heterocycles. The van der Waals surface area contributed by atoms with E-state index in [0.717, 1.165) is 47.0 Å². The minimum absolute atomic E-state index is 0.213. The van der Waals surface area contributed by atoms with Crippen LogP contribution in [0.5, 0.6) is 5.75 Å². The second-order valence-electron chi connectivity index (χ2n) is 6.06. The van der Waals surface area contributed by atoms with E-state index in [-0.39, 0.29) is 11.6 Å². The first-order valence-corrected chi connectivity index (χ1v) is 8.86. The van der Waals surface area contributed by atoms with Crippen molar-refractivity contribution >= 4 is 32.4 Å². The summed E-state index contributed by atoms with van der Waals surface area (Å²) in [6.45, 7) is 1.83. The van der Waals surface area contributed by atoms with E-state index in [1.165, 1.54) is 12.1 Å². The SMILES string of the molecule is Oc1ccc2sc(N3CCC(Nc4cccc(F)c4)CC3)nc2c1. The van der Waals surface area contributed by atoms with Gasteiger partial charge in [0.1, 0.15) is 11.6 Å². The fourth-order valence-corrected chi connectivity index (χ4v) is 4.07. The Morgan fingerprint density at radius 2 is 2.00 bits per heavy atom. The van der Waals surface area contributed by atoms with E-state index >= 15 is 0 Å². The lowest BCUT2D eigenvalue weighted by Gasteiger charge is -2.32. The Balaban J connectivity index is 1.41. The molecule has 0 radical (unpaired) electrons. The lowest BCUT2D eigenvalue weighted by molar-refractivity contribution is 0.476. The van der Waals surface area contributed by atoms with Gasteiger partial charge in [0.15, 0.2) is 5.13 Å². The Hall–Kier alpha value is -2.34. The molecule has 2 aromatic carbocycles. The van der Waals surface area contributed by atoms with Gasteiger partial charge >= 0.3 is 0 Å². The highest BCUT2D eigenvalue weighted by Gasteiger charge is 2.21. The Labute approximate surface area is 143 Å². The predicted octanol–water partition coefficient (Wildman–Crippen LogP) is 4.22. The molecule has 24 heavy (non-hydrogen) atoms. The summed E-state index contributed by atoms with van der Waals surface area (Å²) in [4.78, 5) is 6.92. The van der Waals surface area contributed by atoms with Crippen molar-refractivity contribution < 1.29 is 9.50 Å². The fourth-order valence-electron chi connectivity index (χ4n) is 3.07. The van der Waals surface area contributed by atoms with Crippen molar-refractivity contribution in [3.05, 3.63) is 48.3 Å². The second kappa shape index (κ2) is 6.28. The number of phenolic OH excluding ortho intramolecular Hbond substituents is 1. The number of halogens is 1. The molecule has 2 N–H and O–H groups in total. The van der Waals surface area contributed by atoms with E-state index in [4.69, 9.17) is 0 Å². The number of aromatic nitrogens is 1. The Kier molecular flexibility index (Phi) is 3.98. The van der Waals surface area contributed by atoms with Crippen LogP contribution in [0, 0.1) is 5.82 Å². The van der Waals surface area contributed by atoms with Crippen molar-refractivity contribution in [2.45, 2.75) is 18.9 Å². The molecule has 3 aromatic rings. The zero-order valence-corrected chi connectivity index (χ0v) is 13.9. The van der Waals surface area contributed by atoms with Gasteiger partial charge in [0.25, 0.3) is 0 Å². The molecule has 4 nitrogen and oxygen atoms in total. The number of thiazole rings is 1. The molecule has 0 amide bonds. The van der Waals surface area contributed by atoms with Crippen molar-refractivity contribution in [3.8, 4) is 5.75 Å². The summed E-state index contributed by atoms with van der Waals surface area (Å²) in [5, 5.41) is 14.0. The number of nitrogens with zero attached hydrogens (tertiary/aromatic N) is 2. The van der Waals surface area contributed by atoms with E-state index < -0.39 is 0 Å². The molecule has 4 rings (SSSR count). The third-order valence-electron chi connectivity index (χ3n) is 4.32. The number of hydrogen-bond acceptors (Lipinski definition) is 5. The van der Waals surface area contributed by atoms with E-state index in [2.05, 4.69) is 15.2 Å². The van der Waals surface area contributed by atoms with Gasteiger partial charge in [-0.05, 0) is 43.2 Å². The topological polar surface area (TPSA) is 48.4 Å². The molecule has 6 heteroatoms. The Bertz CT molecular complexity index is 858. The number of piperidine rings is 1. The van der Waals surface area contributed by atoms with Gasteiger partial charge in [-0.2, -0.15) is 0 Å². The van der Waals surface area contributed by atoms with Crippen LogP contribution in [0.1, 0.15) is 12.8 Å². The molecule has 1 aromatic heterocycles. The largest absolute Gasteiger partial charge is 0.508 e. The maximum Gasteiger partial charge on any atom is 0.186 e. The summed E-state index contributed by atoms with van der Waals surface area (Å²) in [6.07, 6.45) is 1.97. The van der Waals surface area contributed by atoms with Gasteiger partial charge in [-0.3, -0.25) is 0 Å². The van der Waals surface area contributed by atoms with Crippen LogP contribution in [-0.4, -0.2) is 29.2 Å². The van der Waals surface area contributed by atoms with E-state index in [1.54, 1.807) is 29.5 Å². The number of phenols is 1. The molecule has 0 spiro atoms. The molecular formula is C18H18FN3OS. The van der Waals surface area contributed by atoms with Gasteiger partial charge in [-0.15, -0.1) is 0 Å². The fraction of sp³-hybridized carbons (Fsp3) is 0.278. The first-order chi connectivity index (χ1) is 11.7. The minimum Gasteiger partial charge on any atom is -0.508 e. The summed E-state index contributed by atoms with van der Waals surface area (Å²) >= 11 is 1.65. The monoisotopic (exact) mass is 343 g/mol. The highest BCUT2D eigenvalue weighted by molar-refractivity contribution is 7.22. The van der Waals surface area contributed by atoms with Gasteiger partial charge in [0.05, 0.1) is 10.2 Å². The number of benzene rings is 2. The van der Waals surface area contributed by atoms with Crippen molar-refractivity contribution in [1.82, 2.24) is 4.98 Å². The van der Waals surface area contributed by atoms with Crippen LogP contribution in [0.25, 0.3) is 10.2 Å². The van der Waals surface area contributed by atoms with E-state index in [9.17, 15) is 9.50 Å². The highest BCUT2D eigenvalue weighted by Crippen LogP contribution is 2.32. The smallest absolute Gasteiger partial charge is 0.186 e. The van der Waals surface area contributed by atoms with Crippen LogP contribution in [0.4, 0.5) is 15.2 Å². The van der Waals surface area contributed by atoms with Gasteiger partial charge in [-0.25, -0.2) is 9.37 Å². The zero-order chi connectivity index (χ0) is 16.5. The number of fused-ring (bicyclic) bond motifs is 1. The average Bonchev–Trinajstić information content (AvgIpc) is 2.98. The third kappa shape index (κ3) is 3.14. The maximum absolute atomic E-state index is 13.3. The summed E-state index contributed by atoms with van der Waals surface area (Å²) in [7, 11) is 0. The van der Waals surface area contributed by atoms with Gasteiger partial charge in [0, 0.05) is 30.9 Å². The Morgan fingerprint density at radius 3 is 2.79 bits per heavy atom. The van der Waals surface area contributed by atoms with Crippen molar-refractivity contribution in [1.29, 1.82) is 0 Å². The molecule has 0 bridgehead atoms. The lowest BCUT2D eigenvalue weighted by Crippen LogP contribution is -2.39. The number of hydrogen-bond donors (Lipinski definition) is 2. The van der Waals surface area contributed by atoms with Gasteiger partial charge in [-0.1, -0.05) is 17.4 Å². The van der Waals surface area contributed by atoms with Crippen LogP contribution in [0.2, 0.25) is 0 Å². The standard InChI is InChI=1S/C18H18FN3OS/c19-12-2-1-3-14(10-12)20-13-6-8-22(9-7-13)18-21-16-11-15(23)4-5-17(16)24-18/h1-5,10-11,13,20,23H,6-9H2. The molecular weight excluding hydrogens is 325 g/mol. The van der Waals surface area contributed by atoms with Crippen molar-refractivity contribution in [3.63, 3.8) is 0 Å². The molecule has 1 fully saturated rings. The van der Waals surface area contributed by atoms with E-state index in [0.29, 0.717) is 6.04 Å². The highest BCUT2D eigenvalue weighted by atomic mass is 32.1. The summed E-state index contributed by atoms with van der Waals surface area (Å²) in [6, 6.07) is 12.3. The molecule has 0 saturated carbocycles. The minimum atomic E-state index is -0.213. The molecule has 124 valence electrons. The molecule has 1 saturated heterocycles. The number of anilines is 2. The summed E-state index contributed by atoms with van der Waals surface area (Å²) < 4.78 is 14.3. The molecule has 0 atom stereocenters. The number of aromatic hydroxyl groups is 1. The summed E-state index contributed by atoms with van der Waals surface area (Å²) in [5.74, 6) is 0.0347. The molecule has 0 aliphatic carbocycles. The van der Waals surface area contributed by atoms with Crippen molar-refractivity contribution in [2.24, 2.45) is 0 Å². The second-order valence-corrected chi connectivity index (χ2v) is 7.07. The van der Waals surface area contributed by atoms with Gasteiger partial charge in [0.2, 0.25) is 0 Å². The third-order valence-corrected chi connectivity index (χ3v) is 5.42. The van der Waals surface area contributed by atoms with Crippen LogP contribution in [0.15, 0.2) is 42.5 Å². The number of nitrogens with one attached hydrogen (secondary N) is 1. The van der Waals surface area contributed by atoms with Crippen LogP contribution in [0.3, 0.4) is 0 Å². The Morgan fingerprint density at radius 1 is 1.17 bits per heavy atom. The molecule has 1 aliphatic rings. The maximum atomic E-state index is 13.3. The lowest BCUT2D eigenvalue weighted by atomic mass is 10.1. The van der Waals surface area contributed by atoms with Crippen LogP contribution in [-0.2, 0) is 0 Å². The zero-order valence-electron chi connectivity index (χ0n) is 13.1. The first-order valence-electron chi connectivity index (χ1n) is 8.04. The van der Waals surface area contributed by atoms with Crippen LogP contribution < -0.4 is 10.2 Å². The molecule has 2 heterocycles.